The third-order valence-electron chi connectivity index (χ3n) is 5.27. The molecule has 2 aromatic heterocycles. The quantitative estimate of drug-likeness (QED) is 0.856. The summed E-state index contributed by atoms with van der Waals surface area (Å²) in [7, 11) is -1.01. The van der Waals surface area contributed by atoms with Gasteiger partial charge < -0.3 is 19.5 Å². The number of hydrogen-bond acceptors (Lipinski definition) is 7. The number of imidazole rings is 1. The lowest BCUT2D eigenvalue weighted by atomic mass is 10.1. The molecule has 26 heavy (non-hydrogen) atoms. The maximum absolute atomic E-state index is 12.5. The van der Waals surface area contributed by atoms with Crippen molar-refractivity contribution in [1.82, 2.24) is 19.5 Å². The maximum Gasteiger partial charge on any atom is 0.228 e. The topological polar surface area (TPSA) is 85.2 Å². The van der Waals surface area contributed by atoms with Gasteiger partial charge in [-0.1, -0.05) is 0 Å². The first-order chi connectivity index (χ1) is 12.8. The van der Waals surface area contributed by atoms with Gasteiger partial charge in [-0.15, -0.1) is 0 Å². The molecule has 0 spiro atoms. The standard InChI is InChI=1S/C17H22N6O2S/c24-26-10-3-13-15(26)16(19-12-1-8-25-9-2-12)21-17(20-13)23-7-6-22-5-4-18-14(22)11-23/h4-5,12H,1-3,6-11H2,(H,19,20,21). The first-order valence-corrected chi connectivity index (χ1v) is 10.5. The number of rotatable bonds is 3. The molecule has 9 heteroatoms. The van der Waals surface area contributed by atoms with Crippen LogP contribution in [-0.2, 0) is 35.0 Å². The Hall–Kier alpha value is -2.00. The van der Waals surface area contributed by atoms with Crippen LogP contribution in [0.5, 0.6) is 0 Å². The third kappa shape index (κ3) is 2.88. The fraction of sp³-hybridized carbons (Fsp3) is 0.588. The second-order valence-corrected chi connectivity index (χ2v) is 8.44. The van der Waals surface area contributed by atoms with Gasteiger partial charge in [-0.2, -0.15) is 4.98 Å². The van der Waals surface area contributed by atoms with Crippen LogP contribution in [0.2, 0.25) is 0 Å². The molecule has 5 heterocycles. The molecule has 5 rings (SSSR count). The van der Waals surface area contributed by atoms with E-state index in [4.69, 9.17) is 14.7 Å². The summed E-state index contributed by atoms with van der Waals surface area (Å²) in [5.74, 6) is 3.14. The summed E-state index contributed by atoms with van der Waals surface area (Å²) in [6.45, 7) is 3.95. The molecule has 8 nitrogen and oxygen atoms in total. The molecule has 3 aliphatic heterocycles. The predicted molar refractivity (Wildman–Crippen MR) is 97.8 cm³/mol. The molecule has 0 amide bonds. The Morgan fingerprint density at radius 1 is 1.23 bits per heavy atom. The molecule has 1 atom stereocenters. The summed E-state index contributed by atoms with van der Waals surface area (Å²) in [4.78, 5) is 17.0. The van der Waals surface area contributed by atoms with Gasteiger partial charge in [0.1, 0.15) is 16.5 Å². The lowest BCUT2D eigenvalue weighted by Crippen LogP contribution is -2.35. The summed E-state index contributed by atoms with van der Waals surface area (Å²) in [6, 6.07) is 0.313. The van der Waals surface area contributed by atoms with E-state index in [1.54, 1.807) is 0 Å². The summed E-state index contributed by atoms with van der Waals surface area (Å²) >= 11 is 0. The van der Waals surface area contributed by atoms with Crippen molar-refractivity contribution in [2.45, 2.75) is 43.3 Å². The smallest absolute Gasteiger partial charge is 0.228 e. The van der Waals surface area contributed by atoms with Crippen LogP contribution >= 0.6 is 0 Å². The second-order valence-electron chi connectivity index (χ2n) is 6.94. The van der Waals surface area contributed by atoms with E-state index in [9.17, 15) is 4.21 Å². The van der Waals surface area contributed by atoms with E-state index in [1.807, 2.05) is 12.4 Å². The number of nitrogens with one attached hydrogen (secondary N) is 1. The molecule has 0 aliphatic carbocycles. The Morgan fingerprint density at radius 2 is 2.12 bits per heavy atom. The number of nitrogens with zero attached hydrogens (tertiary/aromatic N) is 5. The van der Waals surface area contributed by atoms with Gasteiger partial charge in [0.2, 0.25) is 5.95 Å². The summed E-state index contributed by atoms with van der Waals surface area (Å²) < 4.78 is 20.1. The molecule has 1 fully saturated rings. The summed E-state index contributed by atoms with van der Waals surface area (Å²) in [5, 5.41) is 3.53. The Kier molecular flexibility index (Phi) is 4.12. The Balaban J connectivity index is 1.47. The van der Waals surface area contributed by atoms with Gasteiger partial charge in [-0.25, -0.2) is 9.97 Å². The van der Waals surface area contributed by atoms with Crippen molar-refractivity contribution in [3.63, 3.8) is 0 Å². The van der Waals surface area contributed by atoms with Crippen LogP contribution in [0.1, 0.15) is 24.4 Å². The van der Waals surface area contributed by atoms with Gasteiger partial charge in [0.25, 0.3) is 0 Å². The van der Waals surface area contributed by atoms with Gasteiger partial charge in [0.15, 0.2) is 0 Å². The molecule has 2 aromatic rings. The van der Waals surface area contributed by atoms with E-state index in [0.717, 1.165) is 67.8 Å². The van der Waals surface area contributed by atoms with Crippen molar-refractivity contribution in [1.29, 1.82) is 0 Å². The van der Waals surface area contributed by atoms with E-state index in [0.29, 0.717) is 24.3 Å². The van der Waals surface area contributed by atoms with Crippen LogP contribution in [0.4, 0.5) is 11.8 Å². The molecule has 3 aliphatic rings. The van der Waals surface area contributed by atoms with Crippen LogP contribution in [0.25, 0.3) is 0 Å². The highest BCUT2D eigenvalue weighted by Gasteiger charge is 2.29. The molecule has 1 unspecified atom stereocenters. The minimum atomic E-state index is -1.01. The van der Waals surface area contributed by atoms with Crippen molar-refractivity contribution in [2.24, 2.45) is 0 Å². The zero-order valence-electron chi connectivity index (χ0n) is 14.6. The summed E-state index contributed by atoms with van der Waals surface area (Å²) in [6.07, 6.45) is 6.49. The number of fused-ring (bicyclic) bond motifs is 2. The van der Waals surface area contributed by atoms with Gasteiger partial charge in [0, 0.05) is 56.9 Å². The fourth-order valence-electron chi connectivity index (χ4n) is 3.80. The van der Waals surface area contributed by atoms with E-state index < -0.39 is 10.8 Å². The SMILES string of the molecule is O=S1CCc2nc(N3CCn4ccnc4C3)nc(NC3CCOCC3)c21. The van der Waals surface area contributed by atoms with Gasteiger partial charge in [0.05, 0.1) is 23.0 Å². The van der Waals surface area contributed by atoms with Crippen LogP contribution < -0.4 is 10.2 Å². The highest BCUT2D eigenvalue weighted by Crippen LogP contribution is 2.31. The molecule has 0 saturated carbocycles. The zero-order valence-corrected chi connectivity index (χ0v) is 15.4. The Labute approximate surface area is 154 Å². The number of hydrogen-bond donors (Lipinski definition) is 1. The van der Waals surface area contributed by atoms with Crippen molar-refractivity contribution in [2.75, 3.05) is 35.7 Å². The molecule has 0 aromatic carbocycles. The van der Waals surface area contributed by atoms with Crippen LogP contribution in [0.15, 0.2) is 17.3 Å². The average Bonchev–Trinajstić information content (AvgIpc) is 3.28. The molecule has 0 radical (unpaired) electrons. The molecule has 0 bridgehead atoms. The van der Waals surface area contributed by atoms with E-state index in [1.165, 1.54) is 0 Å². The molecule has 138 valence electrons. The van der Waals surface area contributed by atoms with E-state index in [2.05, 4.69) is 19.8 Å². The molecule has 1 N–H and O–H groups in total. The van der Waals surface area contributed by atoms with Crippen molar-refractivity contribution in [3.8, 4) is 0 Å². The van der Waals surface area contributed by atoms with Gasteiger partial charge in [-0.3, -0.25) is 4.21 Å². The monoisotopic (exact) mass is 374 g/mol. The first kappa shape index (κ1) is 16.2. The third-order valence-corrected chi connectivity index (χ3v) is 6.72. The van der Waals surface area contributed by atoms with Crippen LogP contribution in [0.3, 0.4) is 0 Å². The number of aromatic nitrogens is 4. The lowest BCUT2D eigenvalue weighted by molar-refractivity contribution is 0.0903. The molecular formula is C17H22N6O2S. The lowest BCUT2D eigenvalue weighted by Gasteiger charge is -2.29. The highest BCUT2D eigenvalue weighted by atomic mass is 32.2. The van der Waals surface area contributed by atoms with Crippen molar-refractivity contribution in [3.05, 3.63) is 23.9 Å². The Morgan fingerprint density at radius 3 is 3.00 bits per heavy atom. The average molecular weight is 374 g/mol. The van der Waals surface area contributed by atoms with Crippen LogP contribution in [0, 0.1) is 0 Å². The minimum Gasteiger partial charge on any atom is -0.381 e. The minimum absolute atomic E-state index is 0.313. The second kappa shape index (κ2) is 6.62. The number of anilines is 2. The maximum atomic E-state index is 12.5. The fourth-order valence-corrected chi connectivity index (χ4v) is 5.12. The van der Waals surface area contributed by atoms with Crippen LogP contribution in [-0.4, -0.2) is 55.3 Å². The van der Waals surface area contributed by atoms with E-state index >= 15 is 0 Å². The van der Waals surface area contributed by atoms with Crippen molar-refractivity contribution < 1.29 is 8.95 Å². The van der Waals surface area contributed by atoms with Gasteiger partial charge >= 0.3 is 0 Å². The predicted octanol–water partition coefficient (Wildman–Crippen LogP) is 0.948. The van der Waals surface area contributed by atoms with Crippen molar-refractivity contribution >= 4 is 22.6 Å². The highest BCUT2D eigenvalue weighted by molar-refractivity contribution is 7.85. The van der Waals surface area contributed by atoms with E-state index in [-0.39, 0.29) is 0 Å². The number of ether oxygens (including phenoxy) is 1. The summed E-state index contributed by atoms with van der Waals surface area (Å²) in [5.41, 5.74) is 0.928. The normalized spacial score (nSPS) is 22.9. The first-order valence-electron chi connectivity index (χ1n) is 9.16. The zero-order chi connectivity index (χ0) is 17.5. The Bertz CT molecular complexity index is 848. The number of aryl methyl sites for hydroxylation is 1. The molecule has 1 saturated heterocycles. The largest absolute Gasteiger partial charge is 0.381 e. The van der Waals surface area contributed by atoms with Gasteiger partial charge in [-0.05, 0) is 12.8 Å². The molecular weight excluding hydrogens is 352 g/mol.